The van der Waals surface area contributed by atoms with Crippen molar-refractivity contribution >= 4 is 15.9 Å². The first-order chi connectivity index (χ1) is 8.15. The van der Waals surface area contributed by atoms with E-state index in [1.54, 1.807) is 18.2 Å². The third-order valence-corrected chi connectivity index (χ3v) is 3.38. The minimum Gasteiger partial charge on any atom is -0.396 e. The summed E-state index contributed by atoms with van der Waals surface area (Å²) in [6, 6.07) is 6.45. The zero-order valence-corrected chi connectivity index (χ0v) is 10.9. The van der Waals surface area contributed by atoms with Gasteiger partial charge in [-0.2, -0.15) is 5.10 Å². The molecular formula is C12H12BrFN2O. The van der Waals surface area contributed by atoms with Gasteiger partial charge in [0.25, 0.3) is 0 Å². The van der Waals surface area contributed by atoms with Gasteiger partial charge in [-0.25, -0.2) is 9.07 Å². The number of aryl methyl sites for hydroxylation is 1. The lowest BCUT2D eigenvalue weighted by atomic mass is 10.2. The van der Waals surface area contributed by atoms with Crippen LogP contribution < -0.4 is 0 Å². The number of aliphatic hydroxyl groups is 1. The lowest BCUT2D eigenvalue weighted by molar-refractivity contribution is 0.299. The van der Waals surface area contributed by atoms with Gasteiger partial charge in [0.2, 0.25) is 0 Å². The van der Waals surface area contributed by atoms with E-state index in [4.69, 9.17) is 5.11 Å². The fraction of sp³-hybridized carbons (Fsp3) is 0.250. The van der Waals surface area contributed by atoms with Crippen LogP contribution in [0, 0.1) is 12.7 Å². The van der Waals surface area contributed by atoms with Crippen molar-refractivity contribution in [1.82, 2.24) is 9.78 Å². The van der Waals surface area contributed by atoms with E-state index in [2.05, 4.69) is 21.0 Å². The minimum atomic E-state index is -0.328. The second kappa shape index (κ2) is 4.98. The number of hydrogen-bond donors (Lipinski definition) is 1. The molecule has 1 N–H and O–H groups in total. The largest absolute Gasteiger partial charge is 0.396 e. The van der Waals surface area contributed by atoms with Crippen molar-refractivity contribution in [1.29, 1.82) is 0 Å². The van der Waals surface area contributed by atoms with E-state index < -0.39 is 0 Å². The summed E-state index contributed by atoms with van der Waals surface area (Å²) >= 11 is 3.40. The highest BCUT2D eigenvalue weighted by Crippen LogP contribution is 2.25. The number of hydrogen-bond acceptors (Lipinski definition) is 2. The third-order valence-electron chi connectivity index (χ3n) is 2.56. The Morgan fingerprint density at radius 1 is 1.41 bits per heavy atom. The van der Waals surface area contributed by atoms with E-state index in [-0.39, 0.29) is 12.4 Å². The molecule has 0 atom stereocenters. The first kappa shape index (κ1) is 12.3. The number of rotatable bonds is 3. The predicted octanol–water partition coefficient (Wildman–Crippen LogP) is 2.62. The number of benzene rings is 1. The van der Waals surface area contributed by atoms with Crippen LogP contribution in [0.4, 0.5) is 4.39 Å². The lowest BCUT2D eigenvalue weighted by Gasteiger charge is -2.04. The highest BCUT2D eigenvalue weighted by molar-refractivity contribution is 9.10. The molecule has 0 saturated heterocycles. The normalized spacial score (nSPS) is 10.8. The number of aromatic nitrogens is 2. The van der Waals surface area contributed by atoms with Crippen LogP contribution in [-0.2, 0) is 6.42 Å². The molecule has 3 nitrogen and oxygen atoms in total. The Hall–Kier alpha value is -1.20. The van der Waals surface area contributed by atoms with Crippen LogP contribution in [0.5, 0.6) is 0 Å². The summed E-state index contributed by atoms with van der Waals surface area (Å²) in [5.74, 6) is -0.328. The summed E-state index contributed by atoms with van der Waals surface area (Å²) in [6.07, 6.45) is 0.501. The molecule has 0 saturated carbocycles. The monoisotopic (exact) mass is 298 g/mol. The molecule has 0 spiro atoms. The molecule has 0 radical (unpaired) electrons. The van der Waals surface area contributed by atoms with E-state index >= 15 is 0 Å². The van der Waals surface area contributed by atoms with Crippen molar-refractivity contribution in [2.24, 2.45) is 0 Å². The molecule has 1 aromatic carbocycles. The first-order valence-corrected chi connectivity index (χ1v) is 6.04. The maximum Gasteiger partial charge on any atom is 0.148 e. The fourth-order valence-corrected chi connectivity index (χ4v) is 2.47. The number of para-hydroxylation sites is 1. The molecule has 0 bridgehead atoms. The highest BCUT2D eigenvalue weighted by atomic mass is 79.9. The summed E-state index contributed by atoms with van der Waals surface area (Å²) in [5, 5.41) is 13.2. The van der Waals surface area contributed by atoms with Crippen molar-refractivity contribution in [2.45, 2.75) is 13.3 Å². The number of halogens is 2. The number of nitrogens with zero attached hydrogens (tertiary/aromatic N) is 2. The van der Waals surface area contributed by atoms with Gasteiger partial charge in [0.1, 0.15) is 16.1 Å². The van der Waals surface area contributed by atoms with E-state index in [0.717, 1.165) is 11.3 Å². The van der Waals surface area contributed by atoms with E-state index in [1.807, 2.05) is 6.92 Å². The van der Waals surface area contributed by atoms with Crippen molar-refractivity contribution < 1.29 is 9.50 Å². The average molecular weight is 299 g/mol. The topological polar surface area (TPSA) is 38.0 Å². The Bertz CT molecular complexity index is 539. The molecule has 2 aromatic rings. The van der Waals surface area contributed by atoms with Gasteiger partial charge < -0.3 is 5.11 Å². The van der Waals surface area contributed by atoms with E-state index in [0.29, 0.717) is 16.7 Å². The molecule has 0 fully saturated rings. The van der Waals surface area contributed by atoms with Crippen LogP contribution in [0.25, 0.3) is 5.69 Å². The SMILES string of the molecule is Cc1nn(-c2ccccc2F)c(Br)c1CCO. The summed E-state index contributed by atoms with van der Waals surface area (Å²) in [7, 11) is 0. The van der Waals surface area contributed by atoms with Gasteiger partial charge in [0.05, 0.1) is 5.69 Å². The third kappa shape index (κ3) is 2.25. The Labute approximate surface area is 107 Å². The van der Waals surface area contributed by atoms with Crippen LogP contribution in [0.2, 0.25) is 0 Å². The van der Waals surface area contributed by atoms with E-state index in [9.17, 15) is 4.39 Å². The average Bonchev–Trinajstić information content (AvgIpc) is 2.58. The molecule has 17 heavy (non-hydrogen) atoms. The molecular weight excluding hydrogens is 287 g/mol. The summed E-state index contributed by atoms with van der Waals surface area (Å²) in [4.78, 5) is 0. The smallest absolute Gasteiger partial charge is 0.148 e. The zero-order valence-electron chi connectivity index (χ0n) is 9.32. The van der Waals surface area contributed by atoms with Gasteiger partial charge in [-0.15, -0.1) is 0 Å². The van der Waals surface area contributed by atoms with Gasteiger partial charge >= 0.3 is 0 Å². The first-order valence-electron chi connectivity index (χ1n) is 5.25. The minimum absolute atomic E-state index is 0.0441. The van der Waals surface area contributed by atoms with Crippen molar-refractivity contribution in [3.63, 3.8) is 0 Å². The van der Waals surface area contributed by atoms with Crippen LogP contribution in [0.15, 0.2) is 28.9 Å². The lowest BCUT2D eigenvalue weighted by Crippen LogP contribution is -2.00. The summed E-state index contributed by atoms with van der Waals surface area (Å²) in [6.45, 7) is 1.88. The van der Waals surface area contributed by atoms with Crippen molar-refractivity contribution in [3.8, 4) is 5.69 Å². The molecule has 1 heterocycles. The van der Waals surface area contributed by atoms with Crippen molar-refractivity contribution in [3.05, 3.63) is 45.9 Å². The van der Waals surface area contributed by atoms with E-state index in [1.165, 1.54) is 10.7 Å². The second-order valence-corrected chi connectivity index (χ2v) is 4.44. The molecule has 0 aliphatic carbocycles. The quantitative estimate of drug-likeness (QED) is 0.946. The predicted molar refractivity (Wildman–Crippen MR) is 66.7 cm³/mol. The molecule has 90 valence electrons. The van der Waals surface area contributed by atoms with Gasteiger partial charge in [0, 0.05) is 18.6 Å². The van der Waals surface area contributed by atoms with Crippen LogP contribution in [-0.4, -0.2) is 21.5 Å². The second-order valence-electron chi connectivity index (χ2n) is 3.69. The van der Waals surface area contributed by atoms with Crippen LogP contribution in [0.1, 0.15) is 11.3 Å². The fourth-order valence-electron chi connectivity index (χ4n) is 1.71. The Morgan fingerprint density at radius 2 is 2.12 bits per heavy atom. The number of aliphatic hydroxyl groups excluding tert-OH is 1. The molecule has 0 amide bonds. The molecule has 0 aliphatic heterocycles. The highest BCUT2D eigenvalue weighted by Gasteiger charge is 2.15. The molecule has 5 heteroatoms. The Balaban J connectivity index is 2.54. The molecule has 2 rings (SSSR count). The molecule has 1 aromatic heterocycles. The Kier molecular flexibility index (Phi) is 3.59. The van der Waals surface area contributed by atoms with Crippen molar-refractivity contribution in [2.75, 3.05) is 6.61 Å². The summed E-state index contributed by atoms with van der Waals surface area (Å²) < 4.78 is 15.8. The maximum atomic E-state index is 13.7. The van der Waals surface area contributed by atoms with Gasteiger partial charge in [-0.1, -0.05) is 12.1 Å². The zero-order chi connectivity index (χ0) is 12.4. The molecule has 0 aliphatic rings. The van der Waals surface area contributed by atoms with Gasteiger partial charge in [-0.3, -0.25) is 0 Å². The van der Waals surface area contributed by atoms with Gasteiger partial charge in [-0.05, 0) is 35.0 Å². The van der Waals surface area contributed by atoms with Crippen LogP contribution >= 0.6 is 15.9 Å². The standard InChI is InChI=1S/C12H12BrFN2O/c1-8-9(6-7-17)12(13)16(15-8)11-5-3-2-4-10(11)14/h2-5,17H,6-7H2,1H3. The maximum absolute atomic E-state index is 13.7. The summed E-state index contributed by atoms with van der Waals surface area (Å²) in [5.41, 5.74) is 2.08. The Morgan fingerprint density at radius 3 is 2.76 bits per heavy atom. The van der Waals surface area contributed by atoms with Crippen LogP contribution in [0.3, 0.4) is 0 Å². The molecule has 0 unspecified atom stereocenters. The van der Waals surface area contributed by atoms with Gasteiger partial charge in [0.15, 0.2) is 0 Å².